The molecule has 0 heterocycles. The molecule has 0 bridgehead atoms. The van der Waals surface area contributed by atoms with Crippen LogP contribution in [0.3, 0.4) is 0 Å². The van der Waals surface area contributed by atoms with E-state index >= 15 is 0 Å². The molecule has 1 fully saturated rings. The van der Waals surface area contributed by atoms with Crippen molar-refractivity contribution in [3.8, 4) is 0 Å². The summed E-state index contributed by atoms with van der Waals surface area (Å²) in [7, 11) is 1.88. The molecule has 0 atom stereocenters. The molecule has 1 aromatic carbocycles. The van der Waals surface area contributed by atoms with Gasteiger partial charge in [-0.05, 0) is 49.9 Å². The highest BCUT2D eigenvalue weighted by Gasteiger charge is 2.26. The number of hydrogen-bond acceptors (Lipinski definition) is 2. The second kappa shape index (κ2) is 7.65. The maximum Gasteiger partial charge on any atom is 0.223 e. The Morgan fingerprint density at radius 2 is 2.05 bits per heavy atom. The Morgan fingerprint density at radius 1 is 1.35 bits per heavy atom. The molecule has 1 aliphatic carbocycles. The van der Waals surface area contributed by atoms with Crippen LogP contribution in [0.5, 0.6) is 0 Å². The third-order valence-electron chi connectivity index (χ3n) is 3.70. The van der Waals surface area contributed by atoms with Crippen molar-refractivity contribution >= 4 is 17.5 Å². The molecule has 0 radical (unpaired) electrons. The molecular formula is C16H23ClN2O. The summed E-state index contributed by atoms with van der Waals surface area (Å²) < 4.78 is 0. The molecule has 1 amide bonds. The van der Waals surface area contributed by atoms with Crippen molar-refractivity contribution in [2.24, 2.45) is 5.92 Å². The molecule has 1 N–H and O–H groups in total. The van der Waals surface area contributed by atoms with Gasteiger partial charge in [-0.2, -0.15) is 0 Å². The van der Waals surface area contributed by atoms with Crippen molar-refractivity contribution < 1.29 is 4.79 Å². The predicted molar refractivity (Wildman–Crippen MR) is 83.0 cm³/mol. The first-order valence-corrected chi connectivity index (χ1v) is 7.73. The molecule has 0 unspecified atom stereocenters. The van der Waals surface area contributed by atoms with E-state index < -0.39 is 0 Å². The third kappa shape index (κ3) is 5.14. The van der Waals surface area contributed by atoms with E-state index in [0.717, 1.165) is 37.0 Å². The summed E-state index contributed by atoms with van der Waals surface area (Å²) in [6.45, 7) is 2.48. The molecule has 20 heavy (non-hydrogen) atoms. The van der Waals surface area contributed by atoms with Crippen molar-refractivity contribution in [2.75, 3.05) is 26.7 Å². The molecular weight excluding hydrogens is 272 g/mol. The van der Waals surface area contributed by atoms with Crippen molar-refractivity contribution in [1.29, 1.82) is 0 Å². The van der Waals surface area contributed by atoms with E-state index in [9.17, 15) is 4.79 Å². The summed E-state index contributed by atoms with van der Waals surface area (Å²) in [5, 5.41) is 3.80. The molecule has 4 heteroatoms. The zero-order valence-electron chi connectivity index (χ0n) is 12.1. The molecule has 110 valence electrons. The number of nitrogens with zero attached hydrogens (tertiary/aromatic N) is 1. The van der Waals surface area contributed by atoms with Gasteiger partial charge in [0.25, 0.3) is 0 Å². The maximum atomic E-state index is 12.2. The van der Waals surface area contributed by atoms with Gasteiger partial charge >= 0.3 is 0 Å². The third-order valence-corrected chi connectivity index (χ3v) is 3.95. The summed E-state index contributed by atoms with van der Waals surface area (Å²) in [5.74, 6) is 0.999. The average molecular weight is 295 g/mol. The lowest BCUT2D eigenvalue weighted by atomic mass is 10.1. The first kappa shape index (κ1) is 15.3. The van der Waals surface area contributed by atoms with Crippen LogP contribution in [0, 0.1) is 5.92 Å². The summed E-state index contributed by atoms with van der Waals surface area (Å²) in [4.78, 5) is 14.2. The zero-order chi connectivity index (χ0) is 14.4. The molecule has 1 saturated carbocycles. The first-order chi connectivity index (χ1) is 9.69. The first-order valence-electron chi connectivity index (χ1n) is 7.36. The van der Waals surface area contributed by atoms with E-state index in [2.05, 4.69) is 5.32 Å². The van der Waals surface area contributed by atoms with E-state index in [1.54, 1.807) is 0 Å². The normalized spacial score (nSPS) is 14.3. The molecule has 2 rings (SSSR count). The fourth-order valence-corrected chi connectivity index (χ4v) is 2.36. The number of carbonyl (C=O) groups is 1. The van der Waals surface area contributed by atoms with Crippen LogP contribution in [0.15, 0.2) is 24.3 Å². The van der Waals surface area contributed by atoms with E-state index in [-0.39, 0.29) is 5.91 Å². The van der Waals surface area contributed by atoms with Gasteiger partial charge in [0.1, 0.15) is 0 Å². The van der Waals surface area contributed by atoms with Crippen molar-refractivity contribution in [2.45, 2.75) is 25.7 Å². The number of carbonyl (C=O) groups excluding carboxylic acids is 1. The molecule has 1 aliphatic rings. The van der Waals surface area contributed by atoms with Gasteiger partial charge < -0.3 is 10.2 Å². The summed E-state index contributed by atoms with van der Waals surface area (Å²) in [5.41, 5.74) is 1.23. The quantitative estimate of drug-likeness (QED) is 0.799. The Morgan fingerprint density at radius 3 is 2.65 bits per heavy atom. The Balaban J connectivity index is 1.85. The van der Waals surface area contributed by atoms with Gasteiger partial charge in [0.15, 0.2) is 0 Å². The summed E-state index contributed by atoms with van der Waals surface area (Å²) in [6.07, 6.45) is 4.03. The molecule has 0 aliphatic heterocycles. The number of amides is 1. The lowest BCUT2D eigenvalue weighted by molar-refractivity contribution is -0.131. The van der Waals surface area contributed by atoms with Gasteiger partial charge in [0.2, 0.25) is 5.91 Å². The highest BCUT2D eigenvalue weighted by Crippen LogP contribution is 2.30. The average Bonchev–Trinajstić information content (AvgIpc) is 3.26. The van der Waals surface area contributed by atoms with Crippen LogP contribution in [0.2, 0.25) is 5.02 Å². The summed E-state index contributed by atoms with van der Waals surface area (Å²) in [6, 6.07) is 7.89. The Labute approximate surface area is 126 Å². The Hall–Kier alpha value is -1.06. The van der Waals surface area contributed by atoms with Gasteiger partial charge in [-0.1, -0.05) is 23.7 Å². The Kier molecular flexibility index (Phi) is 5.86. The van der Waals surface area contributed by atoms with E-state index in [0.29, 0.717) is 6.42 Å². The van der Waals surface area contributed by atoms with Gasteiger partial charge in [0.05, 0.1) is 0 Å². The second-order valence-electron chi connectivity index (χ2n) is 5.51. The lowest BCUT2D eigenvalue weighted by Crippen LogP contribution is -2.36. The van der Waals surface area contributed by atoms with Crippen LogP contribution in [0.4, 0.5) is 0 Å². The second-order valence-corrected chi connectivity index (χ2v) is 5.95. The van der Waals surface area contributed by atoms with Crippen LogP contribution in [-0.2, 0) is 11.2 Å². The number of hydrogen-bond donors (Lipinski definition) is 1. The highest BCUT2D eigenvalue weighted by atomic mass is 35.5. The van der Waals surface area contributed by atoms with Gasteiger partial charge in [0, 0.05) is 31.1 Å². The smallest absolute Gasteiger partial charge is 0.223 e. The van der Waals surface area contributed by atoms with Crippen LogP contribution in [-0.4, -0.2) is 37.5 Å². The molecule has 1 aromatic rings. The van der Waals surface area contributed by atoms with E-state index in [1.165, 1.54) is 18.4 Å². The van der Waals surface area contributed by atoms with Crippen molar-refractivity contribution in [3.05, 3.63) is 34.9 Å². The lowest BCUT2D eigenvalue weighted by Gasteiger charge is -2.23. The van der Waals surface area contributed by atoms with Crippen LogP contribution in [0.1, 0.15) is 24.8 Å². The largest absolute Gasteiger partial charge is 0.342 e. The van der Waals surface area contributed by atoms with Crippen molar-refractivity contribution in [3.63, 3.8) is 0 Å². The van der Waals surface area contributed by atoms with Gasteiger partial charge in [-0.3, -0.25) is 4.79 Å². The van der Waals surface area contributed by atoms with Crippen LogP contribution in [0.25, 0.3) is 0 Å². The molecule has 0 saturated heterocycles. The predicted octanol–water partition coefficient (Wildman–Crippen LogP) is 2.73. The maximum absolute atomic E-state index is 12.2. The van der Waals surface area contributed by atoms with E-state index in [1.807, 2.05) is 36.2 Å². The SMILES string of the molecule is CNCCC(=O)N(CCc1ccc(Cl)cc1)CC1CC1. The van der Waals surface area contributed by atoms with Gasteiger partial charge in [-0.25, -0.2) is 0 Å². The highest BCUT2D eigenvalue weighted by molar-refractivity contribution is 6.30. The number of nitrogens with one attached hydrogen (secondary N) is 1. The molecule has 0 aromatic heterocycles. The topological polar surface area (TPSA) is 32.3 Å². The number of benzene rings is 1. The zero-order valence-corrected chi connectivity index (χ0v) is 12.8. The minimum Gasteiger partial charge on any atom is -0.342 e. The van der Waals surface area contributed by atoms with Crippen LogP contribution < -0.4 is 5.32 Å². The van der Waals surface area contributed by atoms with Crippen LogP contribution >= 0.6 is 11.6 Å². The summed E-state index contributed by atoms with van der Waals surface area (Å²) >= 11 is 5.89. The fourth-order valence-electron chi connectivity index (χ4n) is 2.24. The monoisotopic (exact) mass is 294 g/mol. The minimum absolute atomic E-state index is 0.264. The molecule has 0 spiro atoms. The minimum atomic E-state index is 0.264. The standard InChI is InChI=1S/C16H23ClN2O/c1-18-10-8-16(20)19(12-14-2-3-14)11-9-13-4-6-15(17)7-5-13/h4-7,14,18H,2-3,8-12H2,1H3. The van der Waals surface area contributed by atoms with E-state index in [4.69, 9.17) is 11.6 Å². The molecule has 3 nitrogen and oxygen atoms in total. The Bertz CT molecular complexity index is 429. The van der Waals surface area contributed by atoms with Gasteiger partial charge in [-0.15, -0.1) is 0 Å². The number of halogens is 1. The number of rotatable bonds is 8. The van der Waals surface area contributed by atoms with Crippen molar-refractivity contribution in [1.82, 2.24) is 10.2 Å². The fraction of sp³-hybridized carbons (Fsp3) is 0.562.